The van der Waals surface area contributed by atoms with Gasteiger partial charge in [0, 0.05) is 6.54 Å². The van der Waals surface area contributed by atoms with Crippen LogP contribution in [0.1, 0.15) is 30.5 Å². The summed E-state index contributed by atoms with van der Waals surface area (Å²) in [7, 11) is 2.00. The lowest BCUT2D eigenvalue weighted by Crippen LogP contribution is -2.08. The first kappa shape index (κ1) is 10.3. The molecule has 1 N–H and O–H groups in total. The quantitative estimate of drug-likeness (QED) is 0.745. The smallest absolute Gasteiger partial charge is 0.0205 e. The molecule has 0 spiro atoms. The van der Waals surface area contributed by atoms with E-state index in [1.54, 1.807) is 0 Å². The maximum absolute atomic E-state index is 3.21. The molecule has 0 fully saturated rings. The van der Waals surface area contributed by atoms with Gasteiger partial charge in [-0.1, -0.05) is 32.0 Å². The predicted molar refractivity (Wildman–Crippen MR) is 58.0 cm³/mol. The number of aryl methyl sites for hydroxylation is 2. The number of hydrogen-bond acceptors (Lipinski definition) is 1. The Balaban J connectivity index is 2.95. The van der Waals surface area contributed by atoms with Crippen molar-refractivity contribution in [3.8, 4) is 0 Å². The third-order valence-electron chi connectivity index (χ3n) is 2.43. The van der Waals surface area contributed by atoms with Gasteiger partial charge in [-0.15, -0.1) is 0 Å². The molecule has 0 unspecified atom stereocenters. The van der Waals surface area contributed by atoms with Crippen LogP contribution in [0.4, 0.5) is 0 Å². The Kier molecular flexibility index (Phi) is 3.97. The van der Waals surface area contributed by atoms with Gasteiger partial charge in [-0.3, -0.25) is 0 Å². The summed E-state index contributed by atoms with van der Waals surface area (Å²) in [5.74, 6) is 0. The minimum atomic E-state index is 0.983. The van der Waals surface area contributed by atoms with E-state index in [0.717, 1.165) is 19.4 Å². The number of hydrogen-bond donors (Lipinski definition) is 1. The second-order valence-corrected chi connectivity index (χ2v) is 3.34. The maximum Gasteiger partial charge on any atom is 0.0205 e. The van der Waals surface area contributed by atoms with Crippen LogP contribution < -0.4 is 5.32 Å². The Morgan fingerprint density at radius 2 is 1.85 bits per heavy atom. The third-order valence-corrected chi connectivity index (χ3v) is 2.43. The molecule has 72 valence electrons. The van der Waals surface area contributed by atoms with Crippen molar-refractivity contribution in [2.75, 3.05) is 7.05 Å². The van der Waals surface area contributed by atoms with Crippen molar-refractivity contribution in [1.82, 2.24) is 5.32 Å². The monoisotopic (exact) mass is 177 g/mol. The average Bonchev–Trinajstić information content (AvgIpc) is 2.18. The molecule has 0 saturated carbocycles. The van der Waals surface area contributed by atoms with Crippen LogP contribution in [0.15, 0.2) is 18.2 Å². The molecule has 0 aromatic heterocycles. The summed E-state index contributed by atoms with van der Waals surface area (Å²) < 4.78 is 0. The van der Waals surface area contributed by atoms with Crippen LogP contribution >= 0.6 is 0 Å². The van der Waals surface area contributed by atoms with E-state index < -0.39 is 0 Å². The van der Waals surface area contributed by atoms with E-state index in [4.69, 9.17) is 0 Å². The highest BCUT2D eigenvalue weighted by atomic mass is 14.8. The Morgan fingerprint density at radius 1 is 1.08 bits per heavy atom. The third kappa shape index (κ3) is 2.56. The fraction of sp³-hybridized carbons (Fsp3) is 0.500. The van der Waals surface area contributed by atoms with Gasteiger partial charge in [-0.2, -0.15) is 0 Å². The zero-order valence-electron chi connectivity index (χ0n) is 8.85. The van der Waals surface area contributed by atoms with E-state index in [1.807, 2.05) is 7.05 Å². The van der Waals surface area contributed by atoms with Crippen molar-refractivity contribution in [3.05, 3.63) is 34.9 Å². The van der Waals surface area contributed by atoms with Crippen LogP contribution in [-0.2, 0) is 19.4 Å². The topological polar surface area (TPSA) is 12.0 Å². The molecule has 0 atom stereocenters. The van der Waals surface area contributed by atoms with E-state index >= 15 is 0 Å². The largest absolute Gasteiger partial charge is 0.316 e. The molecule has 13 heavy (non-hydrogen) atoms. The second kappa shape index (κ2) is 5.03. The molecule has 0 bridgehead atoms. The van der Waals surface area contributed by atoms with Crippen molar-refractivity contribution in [2.45, 2.75) is 33.2 Å². The van der Waals surface area contributed by atoms with Gasteiger partial charge in [-0.25, -0.2) is 0 Å². The van der Waals surface area contributed by atoms with Crippen LogP contribution in [0, 0.1) is 0 Å². The first-order chi connectivity index (χ1) is 6.31. The van der Waals surface area contributed by atoms with E-state index in [2.05, 4.69) is 37.4 Å². The van der Waals surface area contributed by atoms with E-state index in [9.17, 15) is 0 Å². The summed E-state index contributed by atoms with van der Waals surface area (Å²) in [5.41, 5.74) is 4.35. The molecule has 0 aliphatic heterocycles. The molecule has 1 aromatic rings. The Hall–Kier alpha value is -0.820. The fourth-order valence-electron chi connectivity index (χ4n) is 1.60. The lowest BCUT2D eigenvalue weighted by atomic mass is 10.0. The minimum Gasteiger partial charge on any atom is -0.316 e. The SMILES string of the molecule is CCc1ccc(CC)c(CNC)c1. The van der Waals surface area contributed by atoms with E-state index in [0.29, 0.717) is 0 Å². The molecule has 0 heterocycles. The van der Waals surface area contributed by atoms with Gasteiger partial charge in [0.2, 0.25) is 0 Å². The highest BCUT2D eigenvalue weighted by Gasteiger charge is 2.00. The summed E-state index contributed by atoms with van der Waals surface area (Å²) in [6, 6.07) is 6.80. The summed E-state index contributed by atoms with van der Waals surface area (Å²) in [6.07, 6.45) is 2.25. The van der Waals surface area contributed by atoms with Crippen LogP contribution in [0.25, 0.3) is 0 Å². The molecule has 1 aromatic carbocycles. The summed E-state index contributed by atoms with van der Waals surface area (Å²) in [5, 5.41) is 3.21. The highest BCUT2D eigenvalue weighted by molar-refractivity contribution is 5.32. The highest BCUT2D eigenvalue weighted by Crippen LogP contribution is 2.13. The van der Waals surface area contributed by atoms with Gasteiger partial charge < -0.3 is 5.32 Å². The first-order valence-corrected chi connectivity index (χ1v) is 5.07. The summed E-state index contributed by atoms with van der Waals surface area (Å²) in [4.78, 5) is 0. The summed E-state index contributed by atoms with van der Waals surface area (Å²) in [6.45, 7) is 5.39. The van der Waals surface area contributed by atoms with E-state index in [1.165, 1.54) is 16.7 Å². The van der Waals surface area contributed by atoms with Crippen LogP contribution in [0.3, 0.4) is 0 Å². The van der Waals surface area contributed by atoms with Crippen LogP contribution in [0.5, 0.6) is 0 Å². The maximum atomic E-state index is 3.21. The predicted octanol–water partition coefficient (Wildman–Crippen LogP) is 2.53. The van der Waals surface area contributed by atoms with Crippen molar-refractivity contribution < 1.29 is 0 Å². The molecule has 0 aliphatic rings. The van der Waals surface area contributed by atoms with Gasteiger partial charge >= 0.3 is 0 Å². The lowest BCUT2D eigenvalue weighted by molar-refractivity contribution is 0.803. The normalized spacial score (nSPS) is 10.4. The lowest BCUT2D eigenvalue weighted by Gasteiger charge is -2.09. The molecular formula is C12H19N. The summed E-state index contributed by atoms with van der Waals surface area (Å²) >= 11 is 0. The number of rotatable bonds is 4. The number of nitrogens with one attached hydrogen (secondary N) is 1. The second-order valence-electron chi connectivity index (χ2n) is 3.34. The zero-order valence-corrected chi connectivity index (χ0v) is 8.85. The van der Waals surface area contributed by atoms with Gasteiger partial charge in [0.15, 0.2) is 0 Å². The van der Waals surface area contributed by atoms with Gasteiger partial charge in [0.05, 0.1) is 0 Å². The first-order valence-electron chi connectivity index (χ1n) is 5.07. The van der Waals surface area contributed by atoms with Gasteiger partial charge in [-0.05, 0) is 36.6 Å². The molecule has 1 heteroatoms. The Bertz CT molecular complexity index is 266. The molecule has 0 radical (unpaired) electrons. The van der Waals surface area contributed by atoms with Gasteiger partial charge in [0.25, 0.3) is 0 Å². The van der Waals surface area contributed by atoms with Crippen molar-refractivity contribution in [1.29, 1.82) is 0 Å². The molecule has 1 nitrogen and oxygen atoms in total. The minimum absolute atomic E-state index is 0.983. The molecule has 1 rings (SSSR count). The van der Waals surface area contributed by atoms with Crippen LogP contribution in [-0.4, -0.2) is 7.05 Å². The molecule has 0 aliphatic carbocycles. The van der Waals surface area contributed by atoms with Gasteiger partial charge in [0.1, 0.15) is 0 Å². The molecule has 0 saturated heterocycles. The van der Waals surface area contributed by atoms with Crippen molar-refractivity contribution in [3.63, 3.8) is 0 Å². The molecular weight excluding hydrogens is 158 g/mol. The Labute approximate surface area is 81.2 Å². The van der Waals surface area contributed by atoms with E-state index in [-0.39, 0.29) is 0 Å². The standard InChI is InChI=1S/C12H19N/c1-4-10-6-7-11(5-2)12(8-10)9-13-3/h6-8,13H,4-5,9H2,1-3H3. The zero-order chi connectivity index (χ0) is 9.68. The van der Waals surface area contributed by atoms with Crippen LogP contribution in [0.2, 0.25) is 0 Å². The Morgan fingerprint density at radius 3 is 2.38 bits per heavy atom. The number of benzene rings is 1. The van der Waals surface area contributed by atoms with Crippen molar-refractivity contribution in [2.24, 2.45) is 0 Å². The fourth-order valence-corrected chi connectivity index (χ4v) is 1.60. The molecule has 0 amide bonds. The average molecular weight is 177 g/mol. The van der Waals surface area contributed by atoms with Crippen molar-refractivity contribution >= 4 is 0 Å².